The molecule has 1 N–H and O–H groups in total. The molecule has 5 heteroatoms. The maximum Gasteiger partial charge on any atom is 0.234 e. The predicted octanol–water partition coefficient (Wildman–Crippen LogP) is 2.57. The average Bonchev–Trinajstić information content (AvgIpc) is 2.62. The summed E-state index contributed by atoms with van der Waals surface area (Å²) in [6.07, 6.45) is 0. The quantitative estimate of drug-likeness (QED) is 0.908. The molecular weight excluding hydrogens is 317 g/mol. The highest BCUT2D eigenvalue weighted by Crippen LogP contribution is 2.20. The van der Waals surface area contributed by atoms with E-state index in [9.17, 15) is 9.18 Å². The van der Waals surface area contributed by atoms with Gasteiger partial charge in [0.25, 0.3) is 0 Å². The molecule has 1 fully saturated rings. The van der Waals surface area contributed by atoms with Crippen LogP contribution in [-0.2, 0) is 11.3 Å². The summed E-state index contributed by atoms with van der Waals surface area (Å²) in [7, 11) is 0. The Morgan fingerprint density at radius 1 is 1.04 bits per heavy atom. The fraction of sp³-hybridized carbons (Fsp3) is 0.350. The fourth-order valence-corrected chi connectivity index (χ4v) is 3.16. The third kappa shape index (κ3) is 4.57. The third-order valence-electron chi connectivity index (χ3n) is 4.63. The van der Waals surface area contributed by atoms with Gasteiger partial charge in [-0.3, -0.25) is 9.69 Å². The van der Waals surface area contributed by atoms with Gasteiger partial charge >= 0.3 is 0 Å². The van der Waals surface area contributed by atoms with Crippen molar-refractivity contribution < 1.29 is 9.18 Å². The number of nitrogens with zero attached hydrogens (tertiary/aromatic N) is 2. The highest BCUT2D eigenvalue weighted by atomic mass is 19.1. The summed E-state index contributed by atoms with van der Waals surface area (Å²) >= 11 is 0. The smallest absolute Gasteiger partial charge is 0.234 e. The fourth-order valence-electron chi connectivity index (χ4n) is 3.16. The number of hydrogen-bond acceptors (Lipinski definition) is 3. The summed E-state index contributed by atoms with van der Waals surface area (Å²) in [5.41, 5.74) is 3.06. The first-order valence-electron chi connectivity index (χ1n) is 8.66. The number of anilines is 1. The number of para-hydroxylation sites is 1. The standard InChI is InChI=1S/C20H24FN3O/c1-16-6-2-5-9-19(16)24-12-10-23(11-13-24)15-20(25)22-14-17-7-3-4-8-18(17)21/h2-9H,10-15H2,1H3,(H,22,25). The predicted molar refractivity (Wildman–Crippen MR) is 98.1 cm³/mol. The van der Waals surface area contributed by atoms with E-state index in [-0.39, 0.29) is 18.3 Å². The van der Waals surface area contributed by atoms with Crippen LogP contribution in [0.1, 0.15) is 11.1 Å². The van der Waals surface area contributed by atoms with Gasteiger partial charge < -0.3 is 10.2 Å². The van der Waals surface area contributed by atoms with Crippen molar-refractivity contribution in [3.8, 4) is 0 Å². The van der Waals surface area contributed by atoms with Crippen LogP contribution >= 0.6 is 0 Å². The van der Waals surface area contributed by atoms with Crippen LogP contribution in [0.5, 0.6) is 0 Å². The largest absolute Gasteiger partial charge is 0.369 e. The molecule has 2 aromatic rings. The Balaban J connectivity index is 1.45. The number of hydrogen-bond donors (Lipinski definition) is 1. The van der Waals surface area contributed by atoms with Crippen molar-refractivity contribution in [2.45, 2.75) is 13.5 Å². The lowest BCUT2D eigenvalue weighted by Crippen LogP contribution is -2.49. The minimum absolute atomic E-state index is 0.0624. The number of amides is 1. The molecule has 0 aliphatic carbocycles. The van der Waals surface area contributed by atoms with Crippen LogP contribution in [0.4, 0.5) is 10.1 Å². The van der Waals surface area contributed by atoms with Crippen molar-refractivity contribution in [1.82, 2.24) is 10.2 Å². The Morgan fingerprint density at radius 2 is 1.72 bits per heavy atom. The molecule has 1 aliphatic rings. The van der Waals surface area contributed by atoms with Gasteiger partial charge in [0.05, 0.1) is 6.54 Å². The second kappa shape index (κ2) is 8.12. The van der Waals surface area contributed by atoms with Crippen LogP contribution in [0.25, 0.3) is 0 Å². The molecule has 4 nitrogen and oxygen atoms in total. The molecule has 0 radical (unpaired) electrons. The molecule has 3 rings (SSSR count). The molecule has 1 amide bonds. The zero-order valence-corrected chi connectivity index (χ0v) is 14.5. The summed E-state index contributed by atoms with van der Waals surface area (Å²) in [6, 6.07) is 14.9. The normalized spacial score (nSPS) is 15.2. The number of rotatable bonds is 5. The molecule has 132 valence electrons. The van der Waals surface area contributed by atoms with E-state index >= 15 is 0 Å². The van der Waals surface area contributed by atoms with Gasteiger partial charge in [-0.15, -0.1) is 0 Å². The third-order valence-corrected chi connectivity index (χ3v) is 4.63. The van der Waals surface area contributed by atoms with Gasteiger partial charge in [0.2, 0.25) is 5.91 Å². The Kier molecular flexibility index (Phi) is 5.66. The molecule has 0 spiro atoms. The van der Waals surface area contributed by atoms with E-state index in [0.29, 0.717) is 12.1 Å². The van der Waals surface area contributed by atoms with Crippen LogP contribution in [0, 0.1) is 12.7 Å². The summed E-state index contributed by atoms with van der Waals surface area (Å²) in [5.74, 6) is -0.345. The number of aryl methyl sites for hydroxylation is 1. The van der Waals surface area contributed by atoms with Crippen LogP contribution in [0.2, 0.25) is 0 Å². The second-order valence-corrected chi connectivity index (χ2v) is 6.42. The van der Waals surface area contributed by atoms with Gasteiger partial charge in [0.15, 0.2) is 0 Å². The zero-order chi connectivity index (χ0) is 17.6. The van der Waals surface area contributed by atoms with Gasteiger partial charge in [-0.05, 0) is 24.6 Å². The minimum atomic E-state index is -0.283. The summed E-state index contributed by atoms with van der Waals surface area (Å²) in [6.45, 7) is 6.22. The number of piperazine rings is 1. The number of nitrogens with one attached hydrogen (secondary N) is 1. The lowest BCUT2D eigenvalue weighted by Gasteiger charge is -2.36. The van der Waals surface area contributed by atoms with Crippen molar-refractivity contribution in [1.29, 1.82) is 0 Å². The van der Waals surface area contributed by atoms with Gasteiger partial charge in [-0.2, -0.15) is 0 Å². The molecule has 0 bridgehead atoms. The molecule has 1 heterocycles. The second-order valence-electron chi connectivity index (χ2n) is 6.42. The molecule has 1 saturated heterocycles. The molecular formula is C20H24FN3O. The zero-order valence-electron chi connectivity index (χ0n) is 14.5. The minimum Gasteiger partial charge on any atom is -0.369 e. The molecule has 25 heavy (non-hydrogen) atoms. The maximum absolute atomic E-state index is 13.6. The first-order chi connectivity index (χ1) is 12.1. The molecule has 0 unspecified atom stereocenters. The SMILES string of the molecule is Cc1ccccc1N1CCN(CC(=O)NCc2ccccc2F)CC1. The first-order valence-corrected chi connectivity index (χ1v) is 8.66. The van der Waals surface area contributed by atoms with E-state index in [1.54, 1.807) is 18.2 Å². The summed E-state index contributed by atoms with van der Waals surface area (Å²) < 4.78 is 13.6. The number of carbonyl (C=O) groups is 1. The van der Waals surface area contributed by atoms with Gasteiger partial charge in [0.1, 0.15) is 5.82 Å². The molecule has 0 atom stereocenters. The summed E-state index contributed by atoms with van der Waals surface area (Å²) in [5, 5.41) is 2.80. The topological polar surface area (TPSA) is 35.6 Å². The van der Waals surface area contributed by atoms with Crippen LogP contribution in [0.3, 0.4) is 0 Å². The van der Waals surface area contributed by atoms with Crippen molar-refractivity contribution >= 4 is 11.6 Å². The van der Waals surface area contributed by atoms with Crippen LogP contribution in [0.15, 0.2) is 48.5 Å². The Hall–Kier alpha value is -2.40. The van der Waals surface area contributed by atoms with Gasteiger partial charge in [-0.1, -0.05) is 36.4 Å². The molecule has 2 aromatic carbocycles. The lowest BCUT2D eigenvalue weighted by molar-refractivity contribution is -0.122. The van der Waals surface area contributed by atoms with Crippen molar-refractivity contribution in [2.75, 3.05) is 37.6 Å². The van der Waals surface area contributed by atoms with Gasteiger partial charge in [-0.25, -0.2) is 4.39 Å². The van der Waals surface area contributed by atoms with E-state index in [1.807, 2.05) is 0 Å². The van der Waals surface area contributed by atoms with Crippen molar-refractivity contribution in [3.63, 3.8) is 0 Å². The molecule has 0 aromatic heterocycles. The molecule has 1 aliphatic heterocycles. The number of benzene rings is 2. The highest BCUT2D eigenvalue weighted by Gasteiger charge is 2.20. The summed E-state index contributed by atoms with van der Waals surface area (Å²) in [4.78, 5) is 16.6. The van der Waals surface area contributed by atoms with E-state index < -0.39 is 0 Å². The highest BCUT2D eigenvalue weighted by molar-refractivity contribution is 5.78. The average molecular weight is 341 g/mol. The molecule has 0 saturated carbocycles. The van der Waals surface area contributed by atoms with Crippen LogP contribution < -0.4 is 10.2 Å². The number of carbonyl (C=O) groups excluding carboxylic acids is 1. The van der Waals surface area contributed by atoms with E-state index in [4.69, 9.17) is 0 Å². The van der Waals surface area contributed by atoms with Crippen molar-refractivity contribution in [3.05, 3.63) is 65.5 Å². The monoisotopic (exact) mass is 341 g/mol. The maximum atomic E-state index is 13.6. The van der Waals surface area contributed by atoms with Gasteiger partial charge in [0, 0.05) is 44.0 Å². The van der Waals surface area contributed by atoms with Crippen LogP contribution in [-0.4, -0.2) is 43.5 Å². The Morgan fingerprint density at radius 3 is 2.44 bits per heavy atom. The Bertz CT molecular complexity index is 726. The number of halogens is 1. The van der Waals surface area contributed by atoms with E-state index in [1.165, 1.54) is 17.3 Å². The lowest BCUT2D eigenvalue weighted by atomic mass is 10.1. The van der Waals surface area contributed by atoms with E-state index in [0.717, 1.165) is 26.2 Å². The first kappa shape index (κ1) is 17.4. The van der Waals surface area contributed by atoms with Crippen molar-refractivity contribution in [2.24, 2.45) is 0 Å². The Labute approximate surface area is 148 Å². The van der Waals surface area contributed by atoms with E-state index in [2.05, 4.69) is 46.3 Å².